The third-order valence-electron chi connectivity index (χ3n) is 1.96. The monoisotopic (exact) mass is 226 g/mol. The van der Waals surface area contributed by atoms with Crippen molar-refractivity contribution in [2.45, 2.75) is 0 Å². The van der Waals surface area contributed by atoms with Crippen LogP contribution in [-0.4, -0.2) is 13.4 Å². The molecule has 2 rings (SSSR count). The highest BCUT2D eigenvalue weighted by Gasteiger charge is 2.11. The number of carbonyl (C=O) groups is 1. The zero-order valence-electron chi connectivity index (χ0n) is 7.41. The Morgan fingerprint density at radius 3 is 2.93 bits per heavy atom. The van der Waals surface area contributed by atoms with E-state index in [1.54, 1.807) is 19.2 Å². The molecule has 1 aromatic heterocycles. The molecule has 0 aliphatic heterocycles. The minimum absolute atomic E-state index is 0.579. The number of methoxy groups -OCH3 is 1. The second-order valence-corrected chi connectivity index (χ2v) is 4.22. The summed E-state index contributed by atoms with van der Waals surface area (Å²) in [4.78, 5) is 10.9. The van der Waals surface area contributed by atoms with Gasteiger partial charge in [-0.25, -0.2) is 0 Å². The van der Waals surface area contributed by atoms with Gasteiger partial charge in [0, 0.05) is 15.1 Å². The van der Waals surface area contributed by atoms with Crippen molar-refractivity contribution in [1.29, 1.82) is 0 Å². The van der Waals surface area contributed by atoms with E-state index in [1.807, 2.05) is 6.07 Å². The first-order valence-electron chi connectivity index (χ1n) is 3.97. The smallest absolute Gasteiger partial charge is 0.185 e. The number of rotatable bonds is 2. The molecule has 0 bridgehead atoms. The highest BCUT2D eigenvalue weighted by Crippen LogP contribution is 2.37. The van der Waals surface area contributed by atoms with Crippen molar-refractivity contribution < 1.29 is 9.53 Å². The van der Waals surface area contributed by atoms with Crippen molar-refractivity contribution in [3.8, 4) is 5.06 Å². The number of ether oxygens (including phenoxy) is 1. The predicted molar refractivity (Wildman–Crippen MR) is 58.8 cm³/mol. The molecule has 0 atom stereocenters. The minimum Gasteiger partial charge on any atom is -0.487 e. The molecule has 0 aliphatic carbocycles. The van der Waals surface area contributed by atoms with Gasteiger partial charge >= 0.3 is 0 Å². The first-order valence-corrected chi connectivity index (χ1v) is 5.17. The van der Waals surface area contributed by atoms with E-state index in [9.17, 15) is 4.79 Å². The Balaban J connectivity index is 2.81. The van der Waals surface area contributed by atoms with E-state index in [-0.39, 0.29) is 0 Å². The fourth-order valence-corrected chi connectivity index (χ4v) is 2.47. The maximum Gasteiger partial charge on any atom is 0.185 e. The topological polar surface area (TPSA) is 26.3 Å². The lowest BCUT2D eigenvalue weighted by atomic mass is 10.2. The van der Waals surface area contributed by atoms with Crippen LogP contribution in [0, 0.1) is 0 Å². The summed E-state index contributed by atoms with van der Waals surface area (Å²) in [6.07, 6.45) is 0.800. The molecule has 0 spiro atoms. The van der Waals surface area contributed by atoms with Crippen molar-refractivity contribution in [3.05, 3.63) is 28.8 Å². The molecule has 0 unspecified atom stereocenters. The standard InChI is InChI=1S/C10H7ClO2S/c1-13-10-8(5-12)7-4-6(11)2-3-9(7)14-10/h2-5H,1H3. The van der Waals surface area contributed by atoms with E-state index in [0.29, 0.717) is 15.6 Å². The van der Waals surface area contributed by atoms with Crippen LogP contribution in [0.4, 0.5) is 0 Å². The number of fused-ring (bicyclic) bond motifs is 1. The predicted octanol–water partition coefficient (Wildman–Crippen LogP) is 3.38. The molecule has 0 N–H and O–H groups in total. The lowest BCUT2D eigenvalue weighted by molar-refractivity contribution is 0.112. The molecule has 72 valence electrons. The number of hydrogen-bond donors (Lipinski definition) is 0. The van der Waals surface area contributed by atoms with E-state index < -0.39 is 0 Å². The first kappa shape index (κ1) is 9.49. The summed E-state index contributed by atoms with van der Waals surface area (Å²) in [6.45, 7) is 0. The zero-order valence-corrected chi connectivity index (χ0v) is 8.98. The Hall–Kier alpha value is -1.06. The number of halogens is 1. The van der Waals surface area contributed by atoms with Gasteiger partial charge in [-0.15, -0.1) is 0 Å². The van der Waals surface area contributed by atoms with Gasteiger partial charge in [0.1, 0.15) is 0 Å². The van der Waals surface area contributed by atoms with Crippen LogP contribution in [0.3, 0.4) is 0 Å². The van der Waals surface area contributed by atoms with Crippen molar-refractivity contribution in [2.75, 3.05) is 7.11 Å². The highest BCUT2D eigenvalue weighted by molar-refractivity contribution is 7.21. The van der Waals surface area contributed by atoms with Crippen LogP contribution in [0.15, 0.2) is 18.2 Å². The number of carbonyl (C=O) groups excluding carboxylic acids is 1. The summed E-state index contributed by atoms with van der Waals surface area (Å²) in [5.41, 5.74) is 0.579. The quantitative estimate of drug-likeness (QED) is 0.734. The zero-order chi connectivity index (χ0) is 10.1. The van der Waals surface area contributed by atoms with Gasteiger partial charge in [-0.2, -0.15) is 0 Å². The van der Waals surface area contributed by atoms with E-state index in [2.05, 4.69) is 0 Å². The Kier molecular flexibility index (Phi) is 2.44. The van der Waals surface area contributed by atoms with E-state index >= 15 is 0 Å². The molecule has 0 amide bonds. The number of thiophene rings is 1. The summed E-state index contributed by atoms with van der Waals surface area (Å²) in [6, 6.07) is 5.46. The minimum atomic E-state index is 0.579. The van der Waals surface area contributed by atoms with E-state index in [0.717, 1.165) is 16.4 Å². The highest BCUT2D eigenvalue weighted by atomic mass is 35.5. The Morgan fingerprint density at radius 1 is 1.50 bits per heavy atom. The normalized spacial score (nSPS) is 10.4. The van der Waals surface area contributed by atoms with Gasteiger partial charge in [0.15, 0.2) is 11.3 Å². The average molecular weight is 227 g/mol. The summed E-state index contributed by atoms with van der Waals surface area (Å²) in [5.74, 6) is 0. The molecule has 14 heavy (non-hydrogen) atoms. The Labute approximate surface area is 90.1 Å². The van der Waals surface area contributed by atoms with Crippen molar-refractivity contribution in [3.63, 3.8) is 0 Å². The van der Waals surface area contributed by atoms with Gasteiger partial charge in [-0.1, -0.05) is 22.9 Å². The van der Waals surface area contributed by atoms with Crippen LogP contribution >= 0.6 is 22.9 Å². The second kappa shape index (κ2) is 3.59. The maximum atomic E-state index is 10.9. The molecule has 0 fully saturated rings. The Bertz CT molecular complexity index is 490. The fraction of sp³-hybridized carbons (Fsp3) is 0.100. The average Bonchev–Trinajstić information content (AvgIpc) is 2.54. The van der Waals surface area contributed by atoms with Gasteiger partial charge in [-0.05, 0) is 18.2 Å². The molecule has 0 saturated carbocycles. The van der Waals surface area contributed by atoms with Crippen LogP contribution in [0.2, 0.25) is 5.02 Å². The van der Waals surface area contributed by atoms with Gasteiger partial charge < -0.3 is 4.74 Å². The molecule has 2 aromatic rings. The molecule has 4 heteroatoms. The summed E-state index contributed by atoms with van der Waals surface area (Å²) >= 11 is 7.29. The summed E-state index contributed by atoms with van der Waals surface area (Å²) in [7, 11) is 1.55. The van der Waals surface area contributed by atoms with Gasteiger partial charge in [-0.3, -0.25) is 4.79 Å². The van der Waals surface area contributed by atoms with Crippen molar-refractivity contribution in [1.82, 2.24) is 0 Å². The number of aldehydes is 1. The summed E-state index contributed by atoms with van der Waals surface area (Å²) in [5, 5.41) is 2.12. The first-order chi connectivity index (χ1) is 6.76. The van der Waals surface area contributed by atoms with E-state index in [4.69, 9.17) is 16.3 Å². The molecular weight excluding hydrogens is 220 g/mol. The van der Waals surface area contributed by atoms with Crippen LogP contribution in [-0.2, 0) is 0 Å². The largest absolute Gasteiger partial charge is 0.487 e. The molecule has 2 nitrogen and oxygen atoms in total. The third kappa shape index (κ3) is 1.38. The van der Waals surface area contributed by atoms with Crippen molar-refractivity contribution in [2.24, 2.45) is 0 Å². The van der Waals surface area contributed by atoms with Crippen LogP contribution < -0.4 is 4.74 Å². The van der Waals surface area contributed by atoms with Crippen LogP contribution in [0.25, 0.3) is 10.1 Å². The van der Waals surface area contributed by atoms with Gasteiger partial charge in [0.2, 0.25) is 0 Å². The Morgan fingerprint density at radius 2 is 2.29 bits per heavy atom. The number of benzene rings is 1. The second-order valence-electron chi connectivity index (χ2n) is 2.77. The lowest BCUT2D eigenvalue weighted by Crippen LogP contribution is -1.83. The van der Waals surface area contributed by atoms with Crippen molar-refractivity contribution >= 4 is 39.3 Å². The third-order valence-corrected chi connectivity index (χ3v) is 3.34. The molecule has 1 aromatic carbocycles. The van der Waals surface area contributed by atoms with Gasteiger partial charge in [0.05, 0.1) is 12.7 Å². The fourth-order valence-electron chi connectivity index (χ4n) is 1.33. The molecular formula is C10H7ClO2S. The van der Waals surface area contributed by atoms with E-state index in [1.165, 1.54) is 11.3 Å². The summed E-state index contributed by atoms with van der Waals surface area (Å²) < 4.78 is 6.11. The molecule has 1 heterocycles. The van der Waals surface area contributed by atoms with Gasteiger partial charge in [0.25, 0.3) is 0 Å². The molecule has 0 saturated heterocycles. The maximum absolute atomic E-state index is 10.9. The molecule has 0 aliphatic rings. The van der Waals surface area contributed by atoms with Crippen LogP contribution in [0.5, 0.6) is 5.06 Å². The lowest BCUT2D eigenvalue weighted by Gasteiger charge is -1.94. The molecule has 0 radical (unpaired) electrons. The number of hydrogen-bond acceptors (Lipinski definition) is 3. The van der Waals surface area contributed by atoms with Crippen LogP contribution in [0.1, 0.15) is 10.4 Å². The SMILES string of the molecule is COc1sc2ccc(Cl)cc2c1C=O.